The summed E-state index contributed by atoms with van der Waals surface area (Å²) >= 11 is 3.50. The van der Waals surface area contributed by atoms with Crippen LogP contribution in [0.25, 0.3) is 0 Å². The first kappa shape index (κ1) is 14.5. The number of rotatable bonds is 4. The molecular weight excluding hydrogens is 304 g/mol. The van der Waals surface area contributed by atoms with Gasteiger partial charge in [-0.3, -0.25) is 4.79 Å². The average molecular weight is 325 g/mol. The third-order valence-electron chi connectivity index (χ3n) is 3.42. The first-order chi connectivity index (χ1) is 9.11. The van der Waals surface area contributed by atoms with Crippen LogP contribution in [-0.2, 0) is 4.79 Å². The summed E-state index contributed by atoms with van der Waals surface area (Å²) in [5, 5.41) is 3.35. The molecule has 1 saturated heterocycles. The lowest BCUT2D eigenvalue weighted by Crippen LogP contribution is -2.51. The molecule has 1 heterocycles. The lowest BCUT2D eigenvalue weighted by molar-refractivity contribution is -0.121. The van der Waals surface area contributed by atoms with E-state index >= 15 is 0 Å². The number of hydrogen-bond acceptors (Lipinski definition) is 2. The van der Waals surface area contributed by atoms with Crippen LogP contribution >= 0.6 is 15.9 Å². The Labute approximate surface area is 123 Å². The minimum absolute atomic E-state index is 0.0204. The second-order valence-corrected chi connectivity index (χ2v) is 6.04. The van der Waals surface area contributed by atoms with Crippen LogP contribution in [0.5, 0.6) is 0 Å². The molecule has 1 amide bonds. The molecule has 19 heavy (non-hydrogen) atoms. The van der Waals surface area contributed by atoms with Crippen LogP contribution in [0.4, 0.5) is 5.69 Å². The summed E-state index contributed by atoms with van der Waals surface area (Å²) in [5.41, 5.74) is 2.17. The molecule has 1 aromatic rings. The van der Waals surface area contributed by atoms with Gasteiger partial charge in [-0.05, 0) is 56.5 Å². The number of anilines is 1. The lowest BCUT2D eigenvalue weighted by atomic mass is 10.0. The smallest absolute Gasteiger partial charge is 0.244 e. The maximum atomic E-state index is 12.5. The third kappa shape index (κ3) is 3.57. The Morgan fingerprint density at radius 3 is 2.89 bits per heavy atom. The normalized spacial score (nSPS) is 19.8. The Hall–Kier alpha value is -0.870. The van der Waals surface area contributed by atoms with Crippen molar-refractivity contribution in [3.63, 3.8) is 0 Å². The van der Waals surface area contributed by atoms with Gasteiger partial charge in [0, 0.05) is 16.7 Å². The van der Waals surface area contributed by atoms with Gasteiger partial charge in [0.25, 0.3) is 0 Å². The maximum Gasteiger partial charge on any atom is 0.244 e. The van der Waals surface area contributed by atoms with Gasteiger partial charge in [0.2, 0.25) is 5.91 Å². The highest BCUT2D eigenvalue weighted by Crippen LogP contribution is 2.26. The predicted molar refractivity (Wildman–Crippen MR) is 82.5 cm³/mol. The monoisotopic (exact) mass is 324 g/mol. The number of halogens is 1. The fraction of sp³-hybridized carbons (Fsp3) is 0.533. The summed E-state index contributed by atoms with van der Waals surface area (Å²) in [5.74, 6) is 0.206. The number of benzene rings is 1. The van der Waals surface area contributed by atoms with Crippen LogP contribution in [0, 0.1) is 6.92 Å². The number of carbonyl (C=O) groups excluding carboxylic acids is 1. The van der Waals surface area contributed by atoms with Crippen molar-refractivity contribution in [2.75, 3.05) is 18.0 Å². The van der Waals surface area contributed by atoms with Crippen molar-refractivity contribution in [1.82, 2.24) is 5.32 Å². The molecule has 0 radical (unpaired) electrons. The van der Waals surface area contributed by atoms with E-state index in [0.717, 1.165) is 42.5 Å². The van der Waals surface area contributed by atoms with Crippen molar-refractivity contribution >= 4 is 27.5 Å². The van der Waals surface area contributed by atoms with Gasteiger partial charge in [-0.1, -0.05) is 22.9 Å². The standard InChI is InChI=1S/C15H21BrN2O/c1-3-6-17-14-5-4-7-18(15(14)19)13-9-11(2)8-12(16)10-13/h8-10,14,17H,3-7H2,1-2H3. The molecular formula is C15H21BrN2O. The van der Waals surface area contributed by atoms with Gasteiger partial charge in [-0.15, -0.1) is 0 Å². The average Bonchev–Trinajstić information content (AvgIpc) is 2.36. The topological polar surface area (TPSA) is 32.3 Å². The summed E-state index contributed by atoms with van der Waals surface area (Å²) in [7, 11) is 0. The minimum atomic E-state index is -0.0204. The molecule has 1 aliphatic rings. The van der Waals surface area contributed by atoms with Gasteiger partial charge in [-0.25, -0.2) is 0 Å². The lowest BCUT2D eigenvalue weighted by Gasteiger charge is -2.33. The Morgan fingerprint density at radius 1 is 1.42 bits per heavy atom. The quantitative estimate of drug-likeness (QED) is 0.922. The number of nitrogens with one attached hydrogen (secondary N) is 1. The van der Waals surface area contributed by atoms with Crippen molar-refractivity contribution in [3.8, 4) is 0 Å². The first-order valence-electron chi connectivity index (χ1n) is 6.93. The van der Waals surface area contributed by atoms with E-state index in [0.29, 0.717) is 0 Å². The molecule has 0 spiro atoms. The molecule has 1 aromatic carbocycles. The van der Waals surface area contributed by atoms with Gasteiger partial charge in [0.15, 0.2) is 0 Å². The van der Waals surface area contributed by atoms with Crippen LogP contribution in [0.1, 0.15) is 31.7 Å². The predicted octanol–water partition coefficient (Wildman–Crippen LogP) is 3.25. The van der Waals surface area contributed by atoms with Gasteiger partial charge in [0.1, 0.15) is 0 Å². The second kappa shape index (κ2) is 6.53. The number of piperidine rings is 1. The summed E-state index contributed by atoms with van der Waals surface area (Å²) in [4.78, 5) is 14.4. The molecule has 1 atom stereocenters. The highest BCUT2D eigenvalue weighted by molar-refractivity contribution is 9.10. The van der Waals surface area contributed by atoms with E-state index in [4.69, 9.17) is 0 Å². The fourth-order valence-electron chi connectivity index (χ4n) is 2.51. The molecule has 3 nitrogen and oxygen atoms in total. The van der Waals surface area contributed by atoms with Crippen LogP contribution in [0.2, 0.25) is 0 Å². The van der Waals surface area contributed by atoms with Crippen LogP contribution in [0.15, 0.2) is 22.7 Å². The Balaban J connectivity index is 2.16. The van der Waals surface area contributed by atoms with Gasteiger partial charge >= 0.3 is 0 Å². The number of carbonyl (C=O) groups is 1. The Kier molecular flexibility index (Phi) is 4.99. The summed E-state index contributed by atoms with van der Waals surface area (Å²) in [6, 6.07) is 6.14. The number of aryl methyl sites for hydroxylation is 1. The molecule has 1 aliphatic heterocycles. The van der Waals surface area contributed by atoms with Crippen LogP contribution < -0.4 is 10.2 Å². The highest BCUT2D eigenvalue weighted by Gasteiger charge is 2.29. The Bertz CT molecular complexity index is 441. The van der Waals surface area contributed by atoms with Crippen molar-refractivity contribution in [3.05, 3.63) is 28.2 Å². The van der Waals surface area contributed by atoms with E-state index in [1.165, 1.54) is 5.56 Å². The first-order valence-corrected chi connectivity index (χ1v) is 7.73. The summed E-state index contributed by atoms with van der Waals surface area (Å²) < 4.78 is 1.03. The van der Waals surface area contributed by atoms with Crippen LogP contribution in [0.3, 0.4) is 0 Å². The molecule has 0 aromatic heterocycles. The van der Waals surface area contributed by atoms with Crippen molar-refractivity contribution in [2.45, 2.75) is 39.2 Å². The van der Waals surface area contributed by atoms with Gasteiger partial charge in [0.05, 0.1) is 6.04 Å². The molecule has 0 bridgehead atoms. The van der Waals surface area contributed by atoms with E-state index in [1.54, 1.807) is 0 Å². The van der Waals surface area contributed by atoms with Crippen molar-refractivity contribution in [1.29, 1.82) is 0 Å². The van der Waals surface area contributed by atoms with E-state index in [1.807, 2.05) is 11.0 Å². The third-order valence-corrected chi connectivity index (χ3v) is 3.88. The largest absolute Gasteiger partial charge is 0.311 e. The highest BCUT2D eigenvalue weighted by atomic mass is 79.9. The summed E-state index contributed by atoms with van der Waals surface area (Å²) in [6.07, 6.45) is 3.06. The molecule has 0 saturated carbocycles. The second-order valence-electron chi connectivity index (χ2n) is 5.13. The van der Waals surface area contributed by atoms with E-state index < -0.39 is 0 Å². The Morgan fingerprint density at radius 2 is 2.21 bits per heavy atom. The SMILES string of the molecule is CCCNC1CCCN(c2cc(C)cc(Br)c2)C1=O. The molecule has 1 N–H and O–H groups in total. The maximum absolute atomic E-state index is 12.5. The fourth-order valence-corrected chi connectivity index (χ4v) is 3.11. The molecule has 1 unspecified atom stereocenters. The number of hydrogen-bond donors (Lipinski definition) is 1. The molecule has 2 rings (SSSR count). The van der Waals surface area contributed by atoms with E-state index in [9.17, 15) is 4.79 Å². The van der Waals surface area contributed by atoms with Crippen molar-refractivity contribution in [2.24, 2.45) is 0 Å². The zero-order valence-electron chi connectivity index (χ0n) is 11.6. The molecule has 0 aliphatic carbocycles. The summed E-state index contributed by atoms with van der Waals surface area (Å²) in [6.45, 7) is 5.89. The van der Waals surface area contributed by atoms with Crippen LogP contribution in [-0.4, -0.2) is 25.0 Å². The number of nitrogens with zero attached hydrogens (tertiary/aromatic N) is 1. The zero-order valence-corrected chi connectivity index (χ0v) is 13.2. The van der Waals surface area contributed by atoms with Gasteiger partial charge < -0.3 is 10.2 Å². The number of amides is 1. The van der Waals surface area contributed by atoms with Crippen molar-refractivity contribution < 1.29 is 4.79 Å². The molecule has 1 fully saturated rings. The zero-order chi connectivity index (χ0) is 13.8. The van der Waals surface area contributed by atoms with E-state index in [-0.39, 0.29) is 11.9 Å². The molecule has 4 heteroatoms. The van der Waals surface area contributed by atoms with Gasteiger partial charge in [-0.2, -0.15) is 0 Å². The minimum Gasteiger partial charge on any atom is -0.311 e. The molecule has 104 valence electrons. The van der Waals surface area contributed by atoms with E-state index in [2.05, 4.69) is 47.2 Å².